The molecule has 1 fully saturated rings. The Hall–Kier alpha value is -1.57. The smallest absolute Gasteiger partial charge is 0.0751 e. The zero-order valence-corrected chi connectivity index (χ0v) is 10.9. The number of fused-ring (bicyclic) bond motifs is 1. The number of hydrogen-bond acceptors (Lipinski definition) is 2. The molecule has 1 aromatic heterocycles. The summed E-state index contributed by atoms with van der Waals surface area (Å²) in [6.07, 6.45) is 7.45. The van der Waals surface area contributed by atoms with Crippen LogP contribution in [0.4, 0.5) is 5.69 Å². The molecule has 1 aliphatic carbocycles. The fraction of sp³-hybridized carbons (Fsp3) is 0.438. The Kier molecular flexibility index (Phi) is 3.18. The lowest BCUT2D eigenvalue weighted by Gasteiger charge is -2.14. The van der Waals surface area contributed by atoms with Gasteiger partial charge in [-0.1, -0.05) is 18.9 Å². The van der Waals surface area contributed by atoms with Crippen molar-refractivity contribution in [3.05, 3.63) is 36.0 Å². The molecule has 1 N–H and O–H groups in total. The Morgan fingerprint density at radius 2 is 2.06 bits per heavy atom. The van der Waals surface area contributed by atoms with E-state index in [4.69, 9.17) is 0 Å². The first-order valence-electron chi connectivity index (χ1n) is 6.93. The van der Waals surface area contributed by atoms with Crippen molar-refractivity contribution in [2.75, 3.05) is 11.9 Å². The minimum Gasteiger partial charge on any atom is -0.384 e. The van der Waals surface area contributed by atoms with Crippen molar-refractivity contribution in [3.63, 3.8) is 0 Å². The van der Waals surface area contributed by atoms with Gasteiger partial charge in [0, 0.05) is 23.8 Å². The van der Waals surface area contributed by atoms with Crippen molar-refractivity contribution in [2.45, 2.75) is 32.6 Å². The molecule has 0 spiro atoms. The normalized spacial score (nSPS) is 16.3. The SMILES string of the molecule is Cc1ccc(NCC2CCCC2)c2cccnc12. The summed E-state index contributed by atoms with van der Waals surface area (Å²) >= 11 is 0. The summed E-state index contributed by atoms with van der Waals surface area (Å²) in [5, 5.41) is 4.86. The molecule has 0 aliphatic heterocycles. The number of anilines is 1. The number of benzene rings is 1. The van der Waals surface area contributed by atoms with Crippen LogP contribution in [0.15, 0.2) is 30.5 Å². The third-order valence-corrected chi connectivity index (χ3v) is 4.03. The number of hydrogen-bond donors (Lipinski definition) is 1. The summed E-state index contributed by atoms with van der Waals surface area (Å²) in [5.41, 5.74) is 3.60. The molecule has 0 saturated heterocycles. The average molecular weight is 240 g/mol. The van der Waals surface area contributed by atoms with E-state index < -0.39 is 0 Å². The Bertz CT molecular complexity index is 542. The summed E-state index contributed by atoms with van der Waals surface area (Å²) < 4.78 is 0. The predicted octanol–water partition coefficient (Wildman–Crippen LogP) is 4.15. The molecule has 0 unspecified atom stereocenters. The highest BCUT2D eigenvalue weighted by atomic mass is 14.9. The van der Waals surface area contributed by atoms with Crippen LogP contribution in [-0.2, 0) is 0 Å². The Morgan fingerprint density at radius 1 is 1.22 bits per heavy atom. The number of aryl methyl sites for hydroxylation is 1. The molecule has 0 bridgehead atoms. The molecule has 0 amide bonds. The molecular formula is C16H20N2. The molecule has 1 saturated carbocycles. The minimum absolute atomic E-state index is 0.859. The first-order valence-corrected chi connectivity index (χ1v) is 6.93. The molecule has 1 aliphatic rings. The van der Waals surface area contributed by atoms with Crippen LogP contribution in [0.25, 0.3) is 10.9 Å². The van der Waals surface area contributed by atoms with Crippen LogP contribution in [0.3, 0.4) is 0 Å². The van der Waals surface area contributed by atoms with E-state index in [1.54, 1.807) is 0 Å². The quantitative estimate of drug-likeness (QED) is 0.872. The first kappa shape index (κ1) is 11.5. The van der Waals surface area contributed by atoms with Gasteiger partial charge in [-0.05, 0) is 49.4 Å². The highest BCUT2D eigenvalue weighted by molar-refractivity contribution is 5.93. The van der Waals surface area contributed by atoms with Gasteiger partial charge in [0.2, 0.25) is 0 Å². The van der Waals surface area contributed by atoms with Crippen LogP contribution in [-0.4, -0.2) is 11.5 Å². The van der Waals surface area contributed by atoms with Crippen molar-refractivity contribution >= 4 is 16.6 Å². The zero-order valence-electron chi connectivity index (χ0n) is 10.9. The number of nitrogens with zero attached hydrogens (tertiary/aromatic N) is 1. The second kappa shape index (κ2) is 4.97. The standard InChI is InChI=1S/C16H20N2/c1-12-8-9-15(14-7-4-10-17-16(12)14)18-11-13-5-2-3-6-13/h4,7-10,13,18H,2-3,5-6,11H2,1H3. The van der Waals surface area contributed by atoms with Gasteiger partial charge in [0.05, 0.1) is 5.52 Å². The maximum atomic E-state index is 4.48. The lowest BCUT2D eigenvalue weighted by molar-refractivity contribution is 0.580. The second-order valence-corrected chi connectivity index (χ2v) is 5.36. The zero-order chi connectivity index (χ0) is 12.4. The van der Waals surface area contributed by atoms with E-state index in [9.17, 15) is 0 Å². The summed E-state index contributed by atoms with van der Waals surface area (Å²) in [5.74, 6) is 0.859. The van der Waals surface area contributed by atoms with Crippen LogP contribution in [0.1, 0.15) is 31.2 Å². The molecule has 94 valence electrons. The average Bonchev–Trinajstić information content (AvgIpc) is 2.92. The third-order valence-electron chi connectivity index (χ3n) is 4.03. The van der Waals surface area contributed by atoms with Crippen molar-refractivity contribution < 1.29 is 0 Å². The van der Waals surface area contributed by atoms with Gasteiger partial charge in [-0.25, -0.2) is 0 Å². The molecule has 2 heteroatoms. The largest absolute Gasteiger partial charge is 0.384 e. The van der Waals surface area contributed by atoms with Gasteiger partial charge in [0.25, 0.3) is 0 Å². The fourth-order valence-electron chi connectivity index (χ4n) is 2.94. The number of pyridine rings is 1. The van der Waals surface area contributed by atoms with E-state index in [1.165, 1.54) is 42.3 Å². The van der Waals surface area contributed by atoms with Gasteiger partial charge in [-0.15, -0.1) is 0 Å². The topological polar surface area (TPSA) is 24.9 Å². The highest BCUT2D eigenvalue weighted by Gasteiger charge is 2.14. The first-order chi connectivity index (χ1) is 8.84. The fourth-order valence-corrected chi connectivity index (χ4v) is 2.94. The van der Waals surface area contributed by atoms with E-state index in [0.717, 1.165) is 18.0 Å². The summed E-state index contributed by atoms with van der Waals surface area (Å²) in [7, 11) is 0. The number of rotatable bonds is 3. The van der Waals surface area contributed by atoms with Gasteiger partial charge in [-0.3, -0.25) is 4.98 Å². The van der Waals surface area contributed by atoms with Crippen LogP contribution >= 0.6 is 0 Å². The number of nitrogens with one attached hydrogen (secondary N) is 1. The van der Waals surface area contributed by atoms with E-state index in [0.29, 0.717) is 0 Å². The molecule has 2 nitrogen and oxygen atoms in total. The van der Waals surface area contributed by atoms with Crippen LogP contribution in [0, 0.1) is 12.8 Å². The maximum absolute atomic E-state index is 4.48. The molecule has 0 radical (unpaired) electrons. The lowest BCUT2D eigenvalue weighted by atomic mass is 10.1. The van der Waals surface area contributed by atoms with Gasteiger partial charge in [0.15, 0.2) is 0 Å². The summed E-state index contributed by atoms with van der Waals surface area (Å²) in [6.45, 7) is 3.23. The van der Waals surface area contributed by atoms with E-state index in [-0.39, 0.29) is 0 Å². The monoisotopic (exact) mass is 240 g/mol. The third kappa shape index (κ3) is 2.20. The molecule has 1 aromatic carbocycles. The van der Waals surface area contributed by atoms with Gasteiger partial charge < -0.3 is 5.32 Å². The van der Waals surface area contributed by atoms with Gasteiger partial charge in [-0.2, -0.15) is 0 Å². The molecule has 18 heavy (non-hydrogen) atoms. The molecule has 3 rings (SSSR count). The van der Waals surface area contributed by atoms with Gasteiger partial charge >= 0.3 is 0 Å². The molecule has 1 heterocycles. The number of aromatic nitrogens is 1. The lowest BCUT2D eigenvalue weighted by Crippen LogP contribution is -2.11. The van der Waals surface area contributed by atoms with Crippen LogP contribution < -0.4 is 5.32 Å². The minimum atomic E-state index is 0.859. The molecular weight excluding hydrogens is 220 g/mol. The Morgan fingerprint density at radius 3 is 2.89 bits per heavy atom. The van der Waals surface area contributed by atoms with Crippen molar-refractivity contribution in [3.8, 4) is 0 Å². The van der Waals surface area contributed by atoms with Gasteiger partial charge in [0.1, 0.15) is 0 Å². The molecule has 2 aromatic rings. The Labute approximate surface area is 108 Å². The second-order valence-electron chi connectivity index (χ2n) is 5.36. The van der Waals surface area contributed by atoms with Crippen molar-refractivity contribution in [2.24, 2.45) is 5.92 Å². The van der Waals surface area contributed by atoms with E-state index in [1.807, 2.05) is 12.3 Å². The van der Waals surface area contributed by atoms with Crippen molar-refractivity contribution in [1.82, 2.24) is 4.98 Å². The molecule has 0 atom stereocenters. The van der Waals surface area contributed by atoms with Crippen LogP contribution in [0.2, 0.25) is 0 Å². The summed E-state index contributed by atoms with van der Waals surface area (Å²) in [4.78, 5) is 4.48. The maximum Gasteiger partial charge on any atom is 0.0751 e. The Balaban J connectivity index is 1.85. The predicted molar refractivity (Wildman–Crippen MR) is 76.9 cm³/mol. The highest BCUT2D eigenvalue weighted by Crippen LogP contribution is 2.28. The summed E-state index contributed by atoms with van der Waals surface area (Å²) in [6, 6.07) is 8.52. The van der Waals surface area contributed by atoms with Crippen LogP contribution in [0.5, 0.6) is 0 Å². The van der Waals surface area contributed by atoms with Crippen molar-refractivity contribution in [1.29, 1.82) is 0 Å². The van der Waals surface area contributed by atoms with E-state index >= 15 is 0 Å². The van der Waals surface area contributed by atoms with E-state index in [2.05, 4.69) is 35.4 Å².